The number of nitrogens with two attached hydrogens (primary N) is 1. The van der Waals surface area contributed by atoms with E-state index in [-0.39, 0.29) is 11.8 Å². The minimum atomic E-state index is -0.144. The maximum absolute atomic E-state index is 11.0. The summed E-state index contributed by atoms with van der Waals surface area (Å²) < 4.78 is 0. The summed E-state index contributed by atoms with van der Waals surface area (Å²) >= 11 is 0. The number of hydrogen-bond donors (Lipinski definition) is 1. The van der Waals surface area contributed by atoms with Crippen molar-refractivity contribution in [3.05, 3.63) is 30.1 Å². The first-order valence-electron chi connectivity index (χ1n) is 5.47. The van der Waals surface area contributed by atoms with Gasteiger partial charge in [0, 0.05) is 23.7 Å². The third-order valence-corrected chi connectivity index (χ3v) is 3.24. The Morgan fingerprint density at radius 1 is 1.27 bits per heavy atom. The average Bonchev–Trinajstić information content (AvgIpc) is 2.30. The van der Waals surface area contributed by atoms with Gasteiger partial charge in [0.05, 0.1) is 0 Å². The van der Waals surface area contributed by atoms with E-state index in [1.54, 1.807) is 0 Å². The zero-order valence-corrected chi connectivity index (χ0v) is 8.73. The van der Waals surface area contributed by atoms with Crippen molar-refractivity contribution in [2.24, 2.45) is 11.7 Å². The van der Waals surface area contributed by atoms with E-state index < -0.39 is 0 Å². The summed E-state index contributed by atoms with van der Waals surface area (Å²) in [6.07, 6.45) is 5.72. The molecule has 2 rings (SSSR count). The molecule has 1 heterocycles. The normalized spacial score (nSPS) is 26.1. The summed E-state index contributed by atoms with van der Waals surface area (Å²) in [5, 5.41) is 0. The Morgan fingerprint density at radius 3 is 2.53 bits per heavy atom. The van der Waals surface area contributed by atoms with Crippen LogP contribution in [0.25, 0.3) is 0 Å². The summed E-state index contributed by atoms with van der Waals surface area (Å²) in [6, 6.07) is 6.01. The SMILES string of the molecule is NC(=O)C1CCC(c2ccccn2)CC1. The maximum atomic E-state index is 11.0. The molecule has 3 heteroatoms. The van der Waals surface area contributed by atoms with E-state index in [1.807, 2.05) is 18.3 Å². The van der Waals surface area contributed by atoms with Crippen LogP contribution in [0.5, 0.6) is 0 Å². The Morgan fingerprint density at radius 2 is 2.00 bits per heavy atom. The average molecular weight is 204 g/mol. The number of hydrogen-bond acceptors (Lipinski definition) is 2. The predicted octanol–water partition coefficient (Wildman–Crippen LogP) is 1.84. The lowest BCUT2D eigenvalue weighted by molar-refractivity contribution is -0.122. The molecule has 1 aliphatic carbocycles. The highest BCUT2D eigenvalue weighted by atomic mass is 16.1. The van der Waals surface area contributed by atoms with E-state index in [0.29, 0.717) is 5.92 Å². The molecule has 0 radical (unpaired) electrons. The molecule has 3 nitrogen and oxygen atoms in total. The number of carbonyl (C=O) groups is 1. The molecular weight excluding hydrogens is 188 g/mol. The van der Waals surface area contributed by atoms with Crippen LogP contribution in [0.3, 0.4) is 0 Å². The van der Waals surface area contributed by atoms with Crippen molar-refractivity contribution in [1.82, 2.24) is 4.98 Å². The van der Waals surface area contributed by atoms with Crippen LogP contribution in [0, 0.1) is 5.92 Å². The fourth-order valence-corrected chi connectivity index (χ4v) is 2.29. The first kappa shape index (κ1) is 10.1. The predicted molar refractivity (Wildman–Crippen MR) is 58.1 cm³/mol. The number of amides is 1. The van der Waals surface area contributed by atoms with Crippen LogP contribution in [0.2, 0.25) is 0 Å². The molecule has 2 N–H and O–H groups in total. The summed E-state index contributed by atoms with van der Waals surface area (Å²) in [5.74, 6) is 0.459. The largest absolute Gasteiger partial charge is 0.369 e. The summed E-state index contributed by atoms with van der Waals surface area (Å²) in [5.41, 5.74) is 6.45. The van der Waals surface area contributed by atoms with Gasteiger partial charge >= 0.3 is 0 Å². The number of pyridine rings is 1. The second kappa shape index (κ2) is 4.43. The Balaban J connectivity index is 1.97. The minimum absolute atomic E-state index is 0.0879. The van der Waals surface area contributed by atoms with Crippen LogP contribution in [-0.2, 0) is 4.79 Å². The van der Waals surface area contributed by atoms with Crippen LogP contribution >= 0.6 is 0 Å². The second-order valence-corrected chi connectivity index (χ2v) is 4.21. The van der Waals surface area contributed by atoms with Crippen molar-refractivity contribution in [2.45, 2.75) is 31.6 Å². The molecule has 0 aromatic carbocycles. The monoisotopic (exact) mass is 204 g/mol. The van der Waals surface area contributed by atoms with Crippen molar-refractivity contribution >= 4 is 5.91 Å². The van der Waals surface area contributed by atoms with Crippen LogP contribution in [0.15, 0.2) is 24.4 Å². The lowest BCUT2D eigenvalue weighted by atomic mass is 9.80. The Labute approximate surface area is 89.7 Å². The topological polar surface area (TPSA) is 56.0 Å². The van der Waals surface area contributed by atoms with Gasteiger partial charge < -0.3 is 5.73 Å². The molecule has 0 aliphatic heterocycles. The van der Waals surface area contributed by atoms with Gasteiger partial charge in [-0.1, -0.05) is 6.07 Å². The van der Waals surface area contributed by atoms with E-state index in [4.69, 9.17) is 5.73 Å². The number of aromatic nitrogens is 1. The Hall–Kier alpha value is -1.38. The third-order valence-electron chi connectivity index (χ3n) is 3.24. The molecule has 80 valence electrons. The molecule has 0 bridgehead atoms. The highest BCUT2D eigenvalue weighted by Gasteiger charge is 2.25. The van der Waals surface area contributed by atoms with E-state index in [0.717, 1.165) is 31.4 Å². The Bertz CT molecular complexity index is 329. The molecule has 1 fully saturated rings. The third kappa shape index (κ3) is 2.35. The van der Waals surface area contributed by atoms with Crippen molar-refractivity contribution in [2.75, 3.05) is 0 Å². The van der Waals surface area contributed by atoms with Gasteiger partial charge in [0.25, 0.3) is 0 Å². The second-order valence-electron chi connectivity index (χ2n) is 4.21. The Kier molecular flexibility index (Phi) is 2.99. The molecule has 1 amide bonds. The zero-order chi connectivity index (χ0) is 10.7. The van der Waals surface area contributed by atoms with Gasteiger partial charge in [0.1, 0.15) is 0 Å². The molecule has 0 spiro atoms. The van der Waals surface area contributed by atoms with Crippen LogP contribution in [-0.4, -0.2) is 10.9 Å². The summed E-state index contributed by atoms with van der Waals surface area (Å²) in [7, 11) is 0. The fourth-order valence-electron chi connectivity index (χ4n) is 2.29. The minimum Gasteiger partial charge on any atom is -0.369 e. The lowest BCUT2D eigenvalue weighted by Crippen LogP contribution is -2.27. The zero-order valence-electron chi connectivity index (χ0n) is 8.73. The van der Waals surface area contributed by atoms with Crippen LogP contribution < -0.4 is 5.73 Å². The molecule has 1 saturated carbocycles. The van der Waals surface area contributed by atoms with E-state index in [9.17, 15) is 4.79 Å². The summed E-state index contributed by atoms with van der Waals surface area (Å²) in [4.78, 5) is 15.4. The molecule has 1 aliphatic rings. The van der Waals surface area contributed by atoms with Gasteiger partial charge in [0.2, 0.25) is 5.91 Å². The van der Waals surface area contributed by atoms with Crippen molar-refractivity contribution in [3.63, 3.8) is 0 Å². The van der Waals surface area contributed by atoms with Gasteiger partial charge in [-0.25, -0.2) is 0 Å². The van der Waals surface area contributed by atoms with Crippen LogP contribution in [0.1, 0.15) is 37.3 Å². The standard InChI is InChI=1S/C12H16N2O/c13-12(15)10-6-4-9(5-7-10)11-3-1-2-8-14-11/h1-3,8-10H,4-7H2,(H2,13,15). The van der Waals surface area contributed by atoms with Gasteiger partial charge in [-0.3, -0.25) is 9.78 Å². The number of rotatable bonds is 2. The van der Waals surface area contributed by atoms with Crippen molar-refractivity contribution in [3.8, 4) is 0 Å². The number of primary amides is 1. The molecular formula is C12H16N2O. The first-order valence-corrected chi connectivity index (χ1v) is 5.47. The smallest absolute Gasteiger partial charge is 0.220 e. The summed E-state index contributed by atoms with van der Waals surface area (Å²) in [6.45, 7) is 0. The van der Waals surface area contributed by atoms with Gasteiger partial charge in [-0.2, -0.15) is 0 Å². The van der Waals surface area contributed by atoms with E-state index in [2.05, 4.69) is 11.1 Å². The molecule has 1 aromatic heterocycles. The number of carbonyl (C=O) groups excluding carboxylic acids is 1. The lowest BCUT2D eigenvalue weighted by Gasteiger charge is -2.26. The van der Waals surface area contributed by atoms with Gasteiger partial charge in [-0.05, 0) is 37.8 Å². The molecule has 0 unspecified atom stereocenters. The van der Waals surface area contributed by atoms with Crippen molar-refractivity contribution in [1.29, 1.82) is 0 Å². The van der Waals surface area contributed by atoms with Crippen molar-refractivity contribution < 1.29 is 4.79 Å². The maximum Gasteiger partial charge on any atom is 0.220 e. The van der Waals surface area contributed by atoms with Gasteiger partial charge in [0.15, 0.2) is 0 Å². The quantitative estimate of drug-likeness (QED) is 0.799. The first-order chi connectivity index (χ1) is 7.27. The molecule has 1 aromatic rings. The molecule has 0 saturated heterocycles. The highest BCUT2D eigenvalue weighted by molar-refractivity contribution is 5.76. The van der Waals surface area contributed by atoms with Crippen LogP contribution in [0.4, 0.5) is 0 Å². The number of nitrogens with zero attached hydrogens (tertiary/aromatic N) is 1. The molecule has 0 atom stereocenters. The van der Waals surface area contributed by atoms with E-state index in [1.165, 1.54) is 0 Å². The van der Waals surface area contributed by atoms with E-state index >= 15 is 0 Å². The highest BCUT2D eigenvalue weighted by Crippen LogP contribution is 2.34. The molecule has 15 heavy (non-hydrogen) atoms. The fraction of sp³-hybridized carbons (Fsp3) is 0.500. The van der Waals surface area contributed by atoms with Gasteiger partial charge in [-0.15, -0.1) is 0 Å².